The van der Waals surface area contributed by atoms with Crippen LogP contribution in [0.1, 0.15) is 31.4 Å². The summed E-state index contributed by atoms with van der Waals surface area (Å²) >= 11 is 0. The molecule has 0 atom stereocenters. The van der Waals surface area contributed by atoms with Crippen LogP contribution >= 0.6 is 0 Å². The van der Waals surface area contributed by atoms with Gasteiger partial charge >= 0.3 is 0 Å². The van der Waals surface area contributed by atoms with Crippen molar-refractivity contribution in [2.45, 2.75) is 39.8 Å². The Morgan fingerprint density at radius 2 is 2.18 bits per heavy atom. The summed E-state index contributed by atoms with van der Waals surface area (Å²) in [7, 11) is 0. The van der Waals surface area contributed by atoms with Crippen LogP contribution in [0.25, 0.3) is 0 Å². The van der Waals surface area contributed by atoms with Crippen LogP contribution in [0.15, 0.2) is 18.5 Å². The molecule has 0 aliphatic heterocycles. The van der Waals surface area contributed by atoms with E-state index in [0.29, 0.717) is 12.5 Å². The van der Waals surface area contributed by atoms with Crippen molar-refractivity contribution in [3.05, 3.63) is 29.6 Å². The molecule has 1 rings (SSSR count). The van der Waals surface area contributed by atoms with E-state index in [4.69, 9.17) is 11.1 Å². The molecule has 0 fully saturated rings. The predicted octanol–water partition coefficient (Wildman–Crippen LogP) is 1.93. The molecule has 1 aromatic heterocycles. The Morgan fingerprint density at radius 1 is 1.47 bits per heavy atom. The number of hydrogen-bond acceptors (Lipinski definition) is 3. The van der Waals surface area contributed by atoms with Crippen molar-refractivity contribution in [1.82, 2.24) is 9.88 Å². The maximum atomic E-state index is 7.28. The van der Waals surface area contributed by atoms with Crippen LogP contribution in [0.4, 0.5) is 0 Å². The highest BCUT2D eigenvalue weighted by Crippen LogP contribution is 2.09. The summed E-state index contributed by atoms with van der Waals surface area (Å²) < 4.78 is 0. The first-order valence-corrected chi connectivity index (χ1v) is 5.96. The first-order valence-electron chi connectivity index (χ1n) is 5.96. The second-order valence-corrected chi connectivity index (χ2v) is 4.71. The molecule has 4 nitrogen and oxygen atoms in total. The number of nitrogens with two attached hydrogens (primary N) is 1. The zero-order valence-corrected chi connectivity index (χ0v) is 10.9. The lowest BCUT2D eigenvalue weighted by molar-refractivity contribution is 0.218. The summed E-state index contributed by atoms with van der Waals surface area (Å²) in [4.78, 5) is 6.50. The molecule has 0 unspecified atom stereocenters. The molecule has 0 saturated carbocycles. The normalized spacial score (nSPS) is 11.1. The lowest BCUT2D eigenvalue weighted by atomic mass is 10.2. The lowest BCUT2D eigenvalue weighted by Crippen LogP contribution is -2.33. The molecule has 4 heteroatoms. The van der Waals surface area contributed by atoms with Gasteiger partial charge in [-0.25, -0.2) is 0 Å². The van der Waals surface area contributed by atoms with Gasteiger partial charge in [-0.1, -0.05) is 6.07 Å². The summed E-state index contributed by atoms with van der Waals surface area (Å²) in [6, 6.07) is 2.59. The largest absolute Gasteiger partial charge is 0.388 e. The number of nitrogens with zero attached hydrogens (tertiary/aromatic N) is 2. The van der Waals surface area contributed by atoms with E-state index in [9.17, 15) is 0 Å². The van der Waals surface area contributed by atoms with E-state index in [1.54, 1.807) is 0 Å². The highest BCUT2D eigenvalue weighted by molar-refractivity contribution is 5.76. The van der Waals surface area contributed by atoms with E-state index in [0.717, 1.165) is 13.1 Å². The Kier molecular flexibility index (Phi) is 5.10. The Morgan fingerprint density at radius 3 is 2.71 bits per heavy atom. The molecule has 0 radical (unpaired) electrons. The topological polar surface area (TPSA) is 66.0 Å². The van der Waals surface area contributed by atoms with Gasteiger partial charge in [0.2, 0.25) is 0 Å². The van der Waals surface area contributed by atoms with E-state index in [1.807, 2.05) is 19.3 Å². The number of nitrogens with one attached hydrogen (secondary N) is 1. The van der Waals surface area contributed by atoms with Crippen LogP contribution in [0.5, 0.6) is 0 Å². The van der Waals surface area contributed by atoms with Crippen molar-refractivity contribution < 1.29 is 0 Å². The average molecular weight is 234 g/mol. The highest BCUT2D eigenvalue weighted by atomic mass is 15.1. The first-order chi connectivity index (χ1) is 7.99. The van der Waals surface area contributed by atoms with Gasteiger partial charge in [-0.05, 0) is 31.9 Å². The fourth-order valence-electron chi connectivity index (χ4n) is 1.72. The smallest absolute Gasteiger partial charge is 0.0918 e. The van der Waals surface area contributed by atoms with E-state index in [-0.39, 0.29) is 5.84 Å². The molecule has 0 saturated heterocycles. The molecular weight excluding hydrogens is 212 g/mol. The van der Waals surface area contributed by atoms with Gasteiger partial charge in [-0.3, -0.25) is 15.3 Å². The number of pyridine rings is 1. The number of hydrogen-bond donors (Lipinski definition) is 2. The molecule has 1 aromatic rings. The van der Waals surface area contributed by atoms with Crippen LogP contribution in [0.3, 0.4) is 0 Å². The third-order valence-corrected chi connectivity index (χ3v) is 2.72. The number of aryl methyl sites for hydroxylation is 1. The van der Waals surface area contributed by atoms with Gasteiger partial charge in [0, 0.05) is 37.9 Å². The van der Waals surface area contributed by atoms with E-state index in [1.165, 1.54) is 11.1 Å². The van der Waals surface area contributed by atoms with Gasteiger partial charge in [0.15, 0.2) is 0 Å². The van der Waals surface area contributed by atoms with Crippen molar-refractivity contribution in [3.8, 4) is 0 Å². The van der Waals surface area contributed by atoms with Crippen molar-refractivity contribution in [3.63, 3.8) is 0 Å². The number of rotatable bonds is 6. The second-order valence-electron chi connectivity index (χ2n) is 4.71. The number of aromatic nitrogens is 1. The van der Waals surface area contributed by atoms with Gasteiger partial charge in [0.05, 0.1) is 5.84 Å². The predicted molar refractivity (Wildman–Crippen MR) is 71.1 cm³/mol. The van der Waals surface area contributed by atoms with Crippen LogP contribution in [0.2, 0.25) is 0 Å². The fourth-order valence-corrected chi connectivity index (χ4v) is 1.72. The van der Waals surface area contributed by atoms with Gasteiger partial charge in [-0.15, -0.1) is 0 Å². The minimum absolute atomic E-state index is 0.248. The van der Waals surface area contributed by atoms with Gasteiger partial charge in [0.1, 0.15) is 0 Å². The first kappa shape index (κ1) is 13.6. The van der Waals surface area contributed by atoms with Crippen molar-refractivity contribution in [1.29, 1.82) is 5.41 Å². The third kappa shape index (κ3) is 4.95. The molecule has 0 bridgehead atoms. The van der Waals surface area contributed by atoms with Gasteiger partial charge < -0.3 is 5.73 Å². The Bertz CT molecular complexity index is 373. The molecule has 17 heavy (non-hydrogen) atoms. The number of amidine groups is 1. The van der Waals surface area contributed by atoms with Crippen molar-refractivity contribution in [2.75, 3.05) is 6.54 Å². The molecule has 94 valence electrons. The van der Waals surface area contributed by atoms with Crippen molar-refractivity contribution >= 4 is 5.84 Å². The Balaban J connectivity index is 2.63. The minimum Gasteiger partial charge on any atom is -0.388 e. The van der Waals surface area contributed by atoms with Gasteiger partial charge in [-0.2, -0.15) is 0 Å². The zero-order valence-electron chi connectivity index (χ0n) is 10.9. The molecule has 0 spiro atoms. The average Bonchev–Trinajstić information content (AvgIpc) is 2.23. The molecule has 0 aromatic carbocycles. The summed E-state index contributed by atoms with van der Waals surface area (Å²) in [5, 5.41) is 7.28. The van der Waals surface area contributed by atoms with E-state index >= 15 is 0 Å². The van der Waals surface area contributed by atoms with Crippen LogP contribution in [-0.2, 0) is 6.54 Å². The maximum absolute atomic E-state index is 7.28. The Labute approximate surface area is 103 Å². The molecule has 0 amide bonds. The molecule has 3 N–H and O–H groups in total. The minimum atomic E-state index is 0.248. The van der Waals surface area contributed by atoms with Crippen LogP contribution < -0.4 is 5.73 Å². The van der Waals surface area contributed by atoms with E-state index < -0.39 is 0 Å². The summed E-state index contributed by atoms with van der Waals surface area (Å²) in [6.45, 7) is 8.04. The maximum Gasteiger partial charge on any atom is 0.0918 e. The summed E-state index contributed by atoms with van der Waals surface area (Å²) in [5.41, 5.74) is 7.79. The Hall–Kier alpha value is -1.42. The summed E-state index contributed by atoms with van der Waals surface area (Å²) in [6.07, 6.45) is 4.38. The third-order valence-electron chi connectivity index (χ3n) is 2.72. The quantitative estimate of drug-likeness (QED) is 0.584. The summed E-state index contributed by atoms with van der Waals surface area (Å²) in [5.74, 6) is 0.248. The zero-order chi connectivity index (χ0) is 12.8. The van der Waals surface area contributed by atoms with Crippen LogP contribution in [0, 0.1) is 12.3 Å². The molecule has 0 aliphatic rings. The second kappa shape index (κ2) is 6.35. The van der Waals surface area contributed by atoms with E-state index in [2.05, 4.69) is 29.8 Å². The van der Waals surface area contributed by atoms with Crippen LogP contribution in [-0.4, -0.2) is 28.3 Å². The van der Waals surface area contributed by atoms with Gasteiger partial charge in [0.25, 0.3) is 0 Å². The lowest BCUT2D eigenvalue weighted by Gasteiger charge is -2.26. The molecular formula is C13H22N4. The molecule has 0 aliphatic carbocycles. The highest BCUT2D eigenvalue weighted by Gasteiger charge is 2.10. The monoisotopic (exact) mass is 234 g/mol. The fraction of sp³-hybridized carbons (Fsp3) is 0.538. The standard InChI is InChI=1S/C13H22N4/c1-10(2)17(5-4-13(14)15)9-12-6-11(3)7-16-8-12/h6-8,10H,4-5,9H2,1-3H3,(H3,14,15). The molecule has 1 heterocycles. The SMILES string of the molecule is Cc1cncc(CN(CCC(=N)N)C(C)C)c1. The van der Waals surface area contributed by atoms with Crippen molar-refractivity contribution in [2.24, 2.45) is 5.73 Å².